The molecule has 22 heavy (non-hydrogen) atoms. The van der Waals surface area contributed by atoms with Crippen LogP contribution in [0, 0.1) is 6.92 Å². The molecule has 0 aliphatic rings. The van der Waals surface area contributed by atoms with E-state index in [0.717, 1.165) is 28.1 Å². The van der Waals surface area contributed by atoms with Crippen molar-refractivity contribution in [3.63, 3.8) is 0 Å². The van der Waals surface area contributed by atoms with Crippen molar-refractivity contribution in [1.82, 2.24) is 4.57 Å². The number of hydrogen-bond donors (Lipinski definition) is 0. The maximum absolute atomic E-state index is 12.3. The topological polar surface area (TPSA) is 43.6 Å². The molecule has 3 aromatic rings. The Morgan fingerprint density at radius 2 is 2.18 bits per heavy atom. The Labute approximate surface area is 136 Å². The van der Waals surface area contributed by atoms with E-state index in [-0.39, 0.29) is 5.91 Å². The zero-order chi connectivity index (χ0) is 15.7. The van der Waals surface area contributed by atoms with Gasteiger partial charge in [0.05, 0.1) is 16.7 Å². The highest BCUT2D eigenvalue weighted by atomic mass is 32.1. The van der Waals surface area contributed by atoms with E-state index in [1.807, 2.05) is 35.1 Å². The first-order chi connectivity index (χ1) is 10.7. The summed E-state index contributed by atoms with van der Waals surface area (Å²) < 4.78 is 8.63. The lowest BCUT2D eigenvalue weighted by atomic mass is 10.2. The summed E-state index contributed by atoms with van der Waals surface area (Å²) in [6, 6.07) is 7.65. The fourth-order valence-corrected chi connectivity index (χ4v) is 4.15. The predicted octanol–water partition coefficient (Wildman–Crippen LogP) is 3.84. The van der Waals surface area contributed by atoms with E-state index < -0.39 is 0 Å². The number of aromatic nitrogens is 1. The van der Waals surface area contributed by atoms with Crippen molar-refractivity contribution in [1.29, 1.82) is 0 Å². The Balaban J connectivity index is 2.26. The van der Waals surface area contributed by atoms with Gasteiger partial charge in [-0.3, -0.25) is 4.79 Å². The molecule has 6 heteroatoms. The number of carbonyl (C=O) groups is 1. The number of rotatable bonds is 3. The monoisotopic (exact) mass is 332 g/mol. The third kappa shape index (κ3) is 2.48. The zero-order valence-corrected chi connectivity index (χ0v) is 14.3. The summed E-state index contributed by atoms with van der Waals surface area (Å²) in [5.74, 6) is 0.615. The number of thiazole rings is 1. The van der Waals surface area contributed by atoms with Gasteiger partial charge in [-0.1, -0.05) is 23.5 Å². The predicted molar refractivity (Wildman–Crippen MR) is 91.0 cm³/mol. The molecule has 3 rings (SSSR count). The van der Waals surface area contributed by atoms with Gasteiger partial charge in [0.15, 0.2) is 4.80 Å². The van der Waals surface area contributed by atoms with E-state index >= 15 is 0 Å². The third-order valence-corrected chi connectivity index (χ3v) is 5.52. The molecule has 0 aliphatic heterocycles. The van der Waals surface area contributed by atoms with Crippen LogP contribution in [-0.4, -0.2) is 17.6 Å². The molecule has 114 valence electrons. The lowest BCUT2D eigenvalue weighted by molar-refractivity contribution is 0.100. The second-order valence-corrected chi connectivity index (χ2v) is 6.71. The highest BCUT2D eigenvalue weighted by Gasteiger charge is 2.14. The summed E-state index contributed by atoms with van der Waals surface area (Å²) in [5, 5.41) is 1.88. The molecule has 0 atom stereocenters. The van der Waals surface area contributed by atoms with Crippen molar-refractivity contribution in [2.24, 2.45) is 4.99 Å². The van der Waals surface area contributed by atoms with Gasteiger partial charge in [-0.25, -0.2) is 0 Å². The highest BCUT2D eigenvalue weighted by molar-refractivity contribution is 7.16. The number of aryl methyl sites for hydroxylation is 2. The summed E-state index contributed by atoms with van der Waals surface area (Å²) in [6.45, 7) is 4.84. The lowest BCUT2D eigenvalue weighted by Crippen LogP contribution is -2.15. The number of ether oxygens (including phenoxy) is 1. The van der Waals surface area contributed by atoms with Gasteiger partial charge in [0.1, 0.15) is 11.3 Å². The average Bonchev–Trinajstić information content (AvgIpc) is 3.15. The summed E-state index contributed by atoms with van der Waals surface area (Å²) in [5.41, 5.74) is 2.17. The number of hydrogen-bond acceptors (Lipinski definition) is 4. The van der Waals surface area contributed by atoms with Crippen LogP contribution in [0.5, 0.6) is 5.75 Å². The Morgan fingerprint density at radius 1 is 1.36 bits per heavy atom. The Morgan fingerprint density at radius 3 is 2.82 bits per heavy atom. The van der Waals surface area contributed by atoms with Crippen molar-refractivity contribution in [3.05, 3.63) is 44.9 Å². The van der Waals surface area contributed by atoms with Crippen LogP contribution in [0.4, 0.5) is 0 Å². The lowest BCUT2D eigenvalue weighted by Gasteiger charge is -2.07. The largest absolute Gasteiger partial charge is 0.495 e. The van der Waals surface area contributed by atoms with Crippen LogP contribution < -0.4 is 9.54 Å². The van der Waals surface area contributed by atoms with Crippen molar-refractivity contribution in [2.75, 3.05) is 7.11 Å². The quantitative estimate of drug-likeness (QED) is 0.731. The number of amides is 1. The summed E-state index contributed by atoms with van der Waals surface area (Å²) >= 11 is 2.94. The van der Waals surface area contributed by atoms with Crippen LogP contribution in [0.1, 0.15) is 22.2 Å². The Kier molecular flexibility index (Phi) is 4.13. The van der Waals surface area contributed by atoms with Gasteiger partial charge in [0.2, 0.25) is 0 Å². The fraction of sp³-hybridized carbons (Fsp3) is 0.250. The molecule has 1 amide bonds. The molecule has 1 aromatic carbocycles. The second-order valence-electron chi connectivity index (χ2n) is 4.79. The first kappa shape index (κ1) is 15.0. The molecule has 0 unspecified atom stereocenters. The van der Waals surface area contributed by atoms with Gasteiger partial charge >= 0.3 is 0 Å². The SMILES string of the molecule is CCn1c(=NC(=O)c2cccs2)sc2c(C)ccc(OC)c21. The highest BCUT2D eigenvalue weighted by Crippen LogP contribution is 2.30. The normalized spacial score (nSPS) is 12.0. The summed E-state index contributed by atoms with van der Waals surface area (Å²) in [4.78, 5) is 18.0. The molecule has 2 aromatic heterocycles. The van der Waals surface area contributed by atoms with E-state index in [1.165, 1.54) is 22.7 Å². The number of benzene rings is 1. The van der Waals surface area contributed by atoms with Gasteiger partial charge in [-0.2, -0.15) is 4.99 Å². The van der Waals surface area contributed by atoms with Crippen molar-refractivity contribution in [2.45, 2.75) is 20.4 Å². The molecule has 0 N–H and O–H groups in total. The zero-order valence-electron chi connectivity index (χ0n) is 12.6. The first-order valence-electron chi connectivity index (χ1n) is 6.95. The number of thiophene rings is 1. The van der Waals surface area contributed by atoms with Crippen molar-refractivity contribution >= 4 is 38.8 Å². The minimum atomic E-state index is -0.194. The molecule has 2 heterocycles. The van der Waals surface area contributed by atoms with E-state index in [9.17, 15) is 4.79 Å². The molecule has 4 nitrogen and oxygen atoms in total. The van der Waals surface area contributed by atoms with E-state index in [4.69, 9.17) is 4.74 Å². The minimum Gasteiger partial charge on any atom is -0.495 e. The molecular formula is C16H16N2O2S2. The first-order valence-corrected chi connectivity index (χ1v) is 8.64. The standard InChI is InChI=1S/C16H16N2O2S2/c1-4-18-13-11(20-3)8-7-10(2)14(13)22-16(18)17-15(19)12-6-5-9-21-12/h5-9H,4H2,1-3H3. The van der Waals surface area contributed by atoms with Gasteiger partial charge < -0.3 is 9.30 Å². The Hall–Kier alpha value is -1.92. The Bertz CT molecular complexity index is 889. The van der Waals surface area contributed by atoms with E-state index in [1.54, 1.807) is 13.2 Å². The summed E-state index contributed by atoms with van der Waals surface area (Å²) in [7, 11) is 1.66. The smallest absolute Gasteiger partial charge is 0.289 e. The van der Waals surface area contributed by atoms with Crippen LogP contribution >= 0.6 is 22.7 Å². The molecule has 0 radical (unpaired) electrons. The van der Waals surface area contributed by atoms with Gasteiger partial charge in [-0.05, 0) is 36.9 Å². The minimum absolute atomic E-state index is 0.194. The maximum Gasteiger partial charge on any atom is 0.289 e. The number of nitrogens with zero attached hydrogens (tertiary/aromatic N) is 2. The molecule has 0 saturated heterocycles. The third-order valence-electron chi connectivity index (χ3n) is 3.45. The fourth-order valence-electron chi connectivity index (χ4n) is 2.36. The number of methoxy groups -OCH3 is 1. The molecule has 0 bridgehead atoms. The van der Waals surface area contributed by atoms with Crippen LogP contribution in [0.2, 0.25) is 0 Å². The van der Waals surface area contributed by atoms with Crippen molar-refractivity contribution in [3.8, 4) is 5.75 Å². The van der Waals surface area contributed by atoms with E-state index in [0.29, 0.717) is 9.68 Å². The van der Waals surface area contributed by atoms with Crippen LogP contribution in [0.25, 0.3) is 10.2 Å². The molecule has 0 spiro atoms. The average molecular weight is 332 g/mol. The molecular weight excluding hydrogens is 316 g/mol. The molecule has 0 fully saturated rings. The second kappa shape index (κ2) is 6.06. The van der Waals surface area contributed by atoms with Crippen LogP contribution in [0.15, 0.2) is 34.6 Å². The number of carbonyl (C=O) groups excluding carboxylic acids is 1. The van der Waals surface area contributed by atoms with Crippen LogP contribution in [-0.2, 0) is 6.54 Å². The number of fused-ring (bicyclic) bond motifs is 1. The van der Waals surface area contributed by atoms with Crippen LogP contribution in [0.3, 0.4) is 0 Å². The molecule has 0 saturated carbocycles. The van der Waals surface area contributed by atoms with E-state index in [2.05, 4.69) is 11.9 Å². The van der Waals surface area contributed by atoms with Gasteiger partial charge in [0.25, 0.3) is 5.91 Å². The van der Waals surface area contributed by atoms with Crippen molar-refractivity contribution < 1.29 is 9.53 Å². The van der Waals surface area contributed by atoms with Gasteiger partial charge in [-0.15, -0.1) is 11.3 Å². The maximum atomic E-state index is 12.3. The molecule has 0 aliphatic carbocycles. The summed E-state index contributed by atoms with van der Waals surface area (Å²) in [6.07, 6.45) is 0. The van der Waals surface area contributed by atoms with Gasteiger partial charge in [0, 0.05) is 6.54 Å².